The largest absolute Gasteiger partial charge is 3.00 e. The molecule has 10 heavy (non-hydrogen) atoms. The van der Waals surface area contributed by atoms with Gasteiger partial charge in [-0.05, 0) is 0 Å². The minimum atomic E-state index is 0. The second-order valence-electron chi connectivity index (χ2n) is 0. The maximum atomic E-state index is 0. The summed E-state index contributed by atoms with van der Waals surface area (Å²) >= 11 is 0. The van der Waals surface area contributed by atoms with Crippen molar-refractivity contribution < 1.29 is 164 Å². The normalized spacial score (nSPS) is 0. The van der Waals surface area contributed by atoms with E-state index in [9.17, 15) is 0 Å². The Balaban J connectivity index is 0. The van der Waals surface area contributed by atoms with Gasteiger partial charge in [0.2, 0.25) is 0 Å². The minimum absolute atomic E-state index is 0. The van der Waals surface area contributed by atoms with Gasteiger partial charge >= 0.3 is 131 Å². The molecule has 0 rings (SSSR count). The summed E-state index contributed by atoms with van der Waals surface area (Å²) in [7, 11) is 0. The molecule has 0 heterocycles. The fourth-order valence-corrected chi connectivity index (χ4v) is 0. The zero-order valence-corrected chi connectivity index (χ0v) is 16.1. The first kappa shape index (κ1) is 141. The summed E-state index contributed by atoms with van der Waals surface area (Å²) in [5.41, 5.74) is 0. The van der Waals surface area contributed by atoms with Crippen molar-refractivity contribution in [3.8, 4) is 0 Å². The summed E-state index contributed by atoms with van der Waals surface area (Å²) in [5.74, 6) is 0. The molecule has 48 valence electrons. The summed E-state index contributed by atoms with van der Waals surface area (Å²) in [6.07, 6.45) is 0. The summed E-state index contributed by atoms with van der Waals surface area (Å²) in [6, 6.07) is 0. The quantitative estimate of drug-likeness (QED) is 0.453. The van der Waals surface area contributed by atoms with Gasteiger partial charge in [0.25, 0.3) is 0 Å². The zero-order valence-electron chi connectivity index (χ0n) is 4.76. The Labute approximate surface area is 160 Å². The van der Waals surface area contributed by atoms with E-state index in [2.05, 4.69) is 0 Å². The second kappa shape index (κ2) is 112. The molecule has 0 amide bonds. The number of hydrogen-bond donors (Lipinski definition) is 0. The van der Waals surface area contributed by atoms with Gasteiger partial charge in [-0.25, -0.2) is 0 Å². The minimum Gasteiger partial charge on any atom is -2.00 e. The maximum Gasteiger partial charge on any atom is 3.00 e. The second-order valence-corrected chi connectivity index (χ2v) is 0. The van der Waals surface area contributed by atoms with E-state index in [4.69, 9.17) is 0 Å². The average Bonchev–Trinajstić information content (AvgIpc) is 0. The summed E-state index contributed by atoms with van der Waals surface area (Å²) in [4.78, 5) is 0. The van der Waals surface area contributed by atoms with Gasteiger partial charge < -0.3 is 32.9 Å². The number of rotatable bonds is 0. The van der Waals surface area contributed by atoms with Crippen LogP contribution in [0, 0.1) is 0 Å². The van der Waals surface area contributed by atoms with E-state index < -0.39 is 0 Å². The van der Waals surface area contributed by atoms with E-state index in [0.29, 0.717) is 0 Å². The molecule has 6 nitrogen and oxygen atoms in total. The Morgan fingerprint density at radius 1 is 0.200 bits per heavy atom. The van der Waals surface area contributed by atoms with Crippen molar-refractivity contribution in [2.75, 3.05) is 0 Å². The smallest absolute Gasteiger partial charge is 2.00 e. The summed E-state index contributed by atoms with van der Waals surface area (Å²) in [5, 5.41) is 0. The topological polar surface area (TPSA) is 171 Å². The van der Waals surface area contributed by atoms with Gasteiger partial charge in [0.1, 0.15) is 0 Å². The van der Waals surface area contributed by atoms with Crippen LogP contribution in [0.1, 0.15) is 0 Å². The molecular weight excluding hydrogens is 452 g/mol. The van der Waals surface area contributed by atoms with Gasteiger partial charge in [-0.15, -0.1) is 0 Å². The van der Waals surface area contributed by atoms with E-state index in [1.54, 1.807) is 0 Å². The van der Waals surface area contributed by atoms with Crippen LogP contribution in [0.3, 0.4) is 0 Å². The monoisotopic (exact) mass is 452 g/mol. The van der Waals surface area contributed by atoms with Crippen molar-refractivity contribution in [2.45, 2.75) is 0 Å². The van der Waals surface area contributed by atoms with Crippen molar-refractivity contribution in [1.29, 1.82) is 0 Å². The molecular formula is O6Y4. The molecule has 0 radical (unpaired) electrons. The third-order valence-electron chi connectivity index (χ3n) is 0. The van der Waals surface area contributed by atoms with Crippen LogP contribution in [0.2, 0.25) is 0 Å². The van der Waals surface area contributed by atoms with Gasteiger partial charge in [-0.2, -0.15) is 0 Å². The molecule has 0 saturated carbocycles. The van der Waals surface area contributed by atoms with Gasteiger partial charge in [-0.3, -0.25) is 0 Å². The van der Waals surface area contributed by atoms with Crippen molar-refractivity contribution >= 4 is 0 Å². The molecule has 0 N–H and O–H groups in total. The molecule has 10 heteroatoms. The van der Waals surface area contributed by atoms with Gasteiger partial charge in [0, 0.05) is 0 Å². The molecule has 0 unspecified atom stereocenters. The summed E-state index contributed by atoms with van der Waals surface area (Å²) < 4.78 is 0. The van der Waals surface area contributed by atoms with Crippen LogP contribution >= 0.6 is 0 Å². The average molecular weight is 452 g/mol. The molecule has 0 aliphatic heterocycles. The molecule has 0 aliphatic carbocycles. The molecule has 0 aliphatic rings. The SMILES string of the molecule is [O-2].[O-2].[O-2].[O-2].[O-2].[O-2].[Y+3].[Y+3].[Y+3].[Y+3]. The Morgan fingerprint density at radius 3 is 0.200 bits per heavy atom. The first-order valence-corrected chi connectivity index (χ1v) is 0. The van der Waals surface area contributed by atoms with E-state index in [-0.39, 0.29) is 164 Å². The Morgan fingerprint density at radius 2 is 0.200 bits per heavy atom. The Hall–Kier alpha value is 4.18. The van der Waals surface area contributed by atoms with Crippen molar-refractivity contribution in [3.05, 3.63) is 0 Å². The van der Waals surface area contributed by atoms with Crippen LogP contribution in [0.5, 0.6) is 0 Å². The van der Waals surface area contributed by atoms with Gasteiger partial charge in [0.05, 0.1) is 0 Å². The molecule has 0 aromatic rings. The molecule has 0 bridgehead atoms. The van der Waals surface area contributed by atoms with Crippen LogP contribution in [-0.4, -0.2) is 0 Å². The van der Waals surface area contributed by atoms with Crippen LogP contribution in [0.15, 0.2) is 0 Å². The predicted molar refractivity (Wildman–Crippen MR) is 4.12 cm³/mol. The molecule has 0 fully saturated rings. The fraction of sp³-hybridized carbons (Fsp3) is 0. The third kappa shape index (κ3) is 87.2. The Kier molecular flexibility index (Phi) is 1580. The van der Waals surface area contributed by atoms with Gasteiger partial charge in [-0.1, -0.05) is 0 Å². The third-order valence-corrected chi connectivity index (χ3v) is 0. The van der Waals surface area contributed by atoms with E-state index in [1.807, 2.05) is 0 Å². The Bertz CT molecular complexity index is 9.71. The molecule has 0 aromatic carbocycles. The zero-order chi connectivity index (χ0) is 0. The predicted octanol–water partition coefficient (Wildman–Crippen LogP) is -0.723. The van der Waals surface area contributed by atoms with Crippen LogP contribution in [0.4, 0.5) is 0 Å². The first-order valence-electron chi connectivity index (χ1n) is 0. The van der Waals surface area contributed by atoms with E-state index in [0.717, 1.165) is 0 Å². The molecule has 0 atom stereocenters. The van der Waals surface area contributed by atoms with E-state index in [1.165, 1.54) is 0 Å². The van der Waals surface area contributed by atoms with Crippen LogP contribution < -0.4 is 0 Å². The number of hydrogen-bond acceptors (Lipinski definition) is 0. The first-order chi connectivity index (χ1) is 0. The van der Waals surface area contributed by atoms with Crippen LogP contribution in [-0.2, 0) is 164 Å². The van der Waals surface area contributed by atoms with E-state index >= 15 is 0 Å². The van der Waals surface area contributed by atoms with Crippen molar-refractivity contribution in [1.82, 2.24) is 0 Å². The fourth-order valence-electron chi connectivity index (χ4n) is 0. The molecule has 0 saturated heterocycles. The van der Waals surface area contributed by atoms with Crippen LogP contribution in [0.25, 0.3) is 0 Å². The van der Waals surface area contributed by atoms with Crippen molar-refractivity contribution in [3.63, 3.8) is 0 Å². The van der Waals surface area contributed by atoms with Crippen molar-refractivity contribution in [2.24, 2.45) is 0 Å². The standard InChI is InChI=1S/6O.4Y/q6*-2;4*+3. The molecule has 0 spiro atoms. The summed E-state index contributed by atoms with van der Waals surface area (Å²) in [6.45, 7) is 0. The molecule has 0 aromatic heterocycles. The van der Waals surface area contributed by atoms with Gasteiger partial charge in [0.15, 0.2) is 0 Å². The maximum absolute atomic E-state index is 0.